The molecule has 0 N–H and O–H groups in total. The molecule has 0 bridgehead atoms. The summed E-state index contributed by atoms with van der Waals surface area (Å²) in [6, 6.07) is 11.5. The van der Waals surface area contributed by atoms with Gasteiger partial charge in [0.25, 0.3) is 0 Å². The van der Waals surface area contributed by atoms with Crippen molar-refractivity contribution in [3.63, 3.8) is 0 Å². The van der Waals surface area contributed by atoms with Gasteiger partial charge in [-0.3, -0.25) is 4.79 Å². The Hall–Kier alpha value is -2.69. The maximum absolute atomic E-state index is 10.9. The number of fused-ring (bicyclic) bond motifs is 1. The van der Waals surface area contributed by atoms with Crippen LogP contribution in [0, 0.1) is 6.92 Å². The lowest BCUT2D eigenvalue weighted by Gasteiger charge is -2.03. The molecule has 3 aromatic rings. The minimum atomic E-state index is 0.514. The highest BCUT2D eigenvalue weighted by atomic mass is 16.5. The SMILES string of the molecule is Cc1cc2nc(CCOc3ccccc3)nn2cc1C=O. The summed E-state index contributed by atoms with van der Waals surface area (Å²) >= 11 is 0. The van der Waals surface area contributed by atoms with Crippen molar-refractivity contribution in [1.82, 2.24) is 14.6 Å². The van der Waals surface area contributed by atoms with E-state index >= 15 is 0 Å². The number of nitrogens with zero attached hydrogens (tertiary/aromatic N) is 3. The third-order valence-corrected chi connectivity index (χ3v) is 3.23. The summed E-state index contributed by atoms with van der Waals surface area (Å²) in [6.07, 6.45) is 3.15. The summed E-state index contributed by atoms with van der Waals surface area (Å²) in [5.74, 6) is 1.54. The predicted octanol–water partition coefficient (Wildman–Crippen LogP) is 2.47. The first kappa shape index (κ1) is 13.3. The van der Waals surface area contributed by atoms with Crippen LogP contribution < -0.4 is 4.74 Å². The van der Waals surface area contributed by atoms with E-state index in [1.165, 1.54) is 0 Å². The lowest BCUT2D eigenvalue weighted by Crippen LogP contribution is -2.02. The van der Waals surface area contributed by atoms with Crippen molar-refractivity contribution in [2.24, 2.45) is 0 Å². The van der Waals surface area contributed by atoms with Crippen LogP contribution in [0.3, 0.4) is 0 Å². The molecule has 0 aliphatic carbocycles. The first-order chi connectivity index (χ1) is 10.3. The Balaban J connectivity index is 1.71. The molecule has 0 saturated heterocycles. The highest BCUT2D eigenvalue weighted by Crippen LogP contribution is 2.11. The first-order valence-electron chi connectivity index (χ1n) is 6.75. The molecule has 3 rings (SSSR count). The largest absolute Gasteiger partial charge is 0.493 e. The van der Waals surface area contributed by atoms with Crippen molar-refractivity contribution in [2.75, 3.05) is 6.61 Å². The van der Waals surface area contributed by atoms with E-state index < -0.39 is 0 Å². The molecule has 0 aliphatic heterocycles. The van der Waals surface area contributed by atoms with Gasteiger partial charge in [-0.2, -0.15) is 5.10 Å². The molecule has 1 aromatic carbocycles. The number of hydrogen-bond acceptors (Lipinski definition) is 4. The zero-order valence-corrected chi connectivity index (χ0v) is 11.7. The van der Waals surface area contributed by atoms with E-state index in [2.05, 4.69) is 10.1 Å². The molecule has 5 heteroatoms. The maximum Gasteiger partial charge on any atom is 0.155 e. The number of hydrogen-bond donors (Lipinski definition) is 0. The molecule has 0 fully saturated rings. The van der Waals surface area contributed by atoms with Gasteiger partial charge in [0, 0.05) is 18.2 Å². The van der Waals surface area contributed by atoms with Gasteiger partial charge < -0.3 is 4.74 Å². The molecule has 0 radical (unpaired) electrons. The lowest BCUT2D eigenvalue weighted by molar-refractivity contribution is 0.112. The van der Waals surface area contributed by atoms with Crippen LogP contribution in [0.4, 0.5) is 0 Å². The molecular formula is C16H15N3O2. The van der Waals surface area contributed by atoms with Gasteiger partial charge in [0.1, 0.15) is 5.75 Å². The zero-order valence-electron chi connectivity index (χ0n) is 11.7. The van der Waals surface area contributed by atoms with Gasteiger partial charge in [-0.05, 0) is 30.7 Å². The van der Waals surface area contributed by atoms with E-state index in [1.807, 2.05) is 43.3 Å². The second-order valence-electron chi connectivity index (χ2n) is 4.77. The third kappa shape index (κ3) is 2.91. The Morgan fingerprint density at radius 2 is 2.10 bits per heavy atom. The number of benzene rings is 1. The molecule has 0 spiro atoms. The summed E-state index contributed by atoms with van der Waals surface area (Å²) in [4.78, 5) is 15.4. The smallest absolute Gasteiger partial charge is 0.155 e. The Morgan fingerprint density at radius 3 is 2.86 bits per heavy atom. The molecule has 0 saturated carbocycles. The first-order valence-corrected chi connectivity index (χ1v) is 6.75. The molecule has 0 amide bonds. The van der Waals surface area contributed by atoms with Crippen molar-refractivity contribution in [3.05, 3.63) is 59.5 Å². The van der Waals surface area contributed by atoms with E-state index in [0.717, 1.165) is 23.2 Å². The molecule has 0 atom stereocenters. The van der Waals surface area contributed by atoms with Crippen LogP contribution in [0.15, 0.2) is 42.6 Å². The average Bonchev–Trinajstić information content (AvgIpc) is 2.89. The number of rotatable bonds is 5. The molecule has 2 heterocycles. The number of aryl methyl sites for hydroxylation is 1. The van der Waals surface area contributed by atoms with E-state index in [9.17, 15) is 4.79 Å². The fourth-order valence-corrected chi connectivity index (χ4v) is 2.09. The zero-order chi connectivity index (χ0) is 14.7. The number of carbonyl (C=O) groups is 1. The summed E-state index contributed by atoms with van der Waals surface area (Å²) in [5, 5.41) is 4.36. The standard InChI is InChI=1S/C16H15N3O2/c1-12-9-16-17-15(18-19(16)10-13(12)11-20)7-8-21-14-5-3-2-4-6-14/h2-6,9-11H,7-8H2,1H3. The summed E-state index contributed by atoms with van der Waals surface area (Å²) < 4.78 is 7.26. The molecule has 0 aliphatic rings. The molecule has 0 unspecified atom stereocenters. The fourth-order valence-electron chi connectivity index (χ4n) is 2.09. The quantitative estimate of drug-likeness (QED) is 0.674. The minimum Gasteiger partial charge on any atom is -0.493 e. The van der Waals surface area contributed by atoms with Crippen molar-refractivity contribution >= 4 is 11.9 Å². The second-order valence-corrected chi connectivity index (χ2v) is 4.77. The van der Waals surface area contributed by atoms with Crippen molar-refractivity contribution in [3.8, 4) is 5.75 Å². The molecule has 5 nitrogen and oxygen atoms in total. The van der Waals surface area contributed by atoms with Gasteiger partial charge in [0.05, 0.1) is 6.61 Å². The number of aromatic nitrogens is 3. The lowest BCUT2D eigenvalue weighted by atomic mass is 10.2. The second kappa shape index (κ2) is 5.75. The van der Waals surface area contributed by atoms with Gasteiger partial charge in [-0.15, -0.1) is 0 Å². The van der Waals surface area contributed by atoms with Crippen molar-refractivity contribution in [1.29, 1.82) is 0 Å². The third-order valence-electron chi connectivity index (χ3n) is 3.23. The van der Waals surface area contributed by atoms with Gasteiger partial charge in [0.15, 0.2) is 17.8 Å². The maximum atomic E-state index is 10.9. The summed E-state index contributed by atoms with van der Waals surface area (Å²) in [6.45, 7) is 2.40. The Kier molecular flexibility index (Phi) is 3.64. The normalized spacial score (nSPS) is 10.7. The topological polar surface area (TPSA) is 56.5 Å². The van der Waals surface area contributed by atoms with Crippen LogP contribution >= 0.6 is 0 Å². The van der Waals surface area contributed by atoms with Crippen LogP contribution in [-0.2, 0) is 6.42 Å². The molecular weight excluding hydrogens is 266 g/mol. The Morgan fingerprint density at radius 1 is 1.29 bits per heavy atom. The summed E-state index contributed by atoms with van der Waals surface area (Å²) in [7, 11) is 0. The van der Waals surface area contributed by atoms with Crippen molar-refractivity contribution < 1.29 is 9.53 Å². The van der Waals surface area contributed by atoms with E-state index in [4.69, 9.17) is 4.74 Å². The molecule has 2 aromatic heterocycles. The monoisotopic (exact) mass is 281 g/mol. The molecule has 21 heavy (non-hydrogen) atoms. The van der Waals surface area contributed by atoms with Crippen LogP contribution in [0.1, 0.15) is 21.7 Å². The van der Waals surface area contributed by atoms with E-state index in [0.29, 0.717) is 24.4 Å². The van der Waals surface area contributed by atoms with Gasteiger partial charge in [-0.1, -0.05) is 18.2 Å². The highest BCUT2D eigenvalue weighted by Gasteiger charge is 2.07. The van der Waals surface area contributed by atoms with Gasteiger partial charge in [0.2, 0.25) is 0 Å². The number of pyridine rings is 1. The Bertz CT molecular complexity index is 766. The van der Waals surface area contributed by atoms with E-state index in [1.54, 1.807) is 10.7 Å². The van der Waals surface area contributed by atoms with Crippen molar-refractivity contribution in [2.45, 2.75) is 13.3 Å². The van der Waals surface area contributed by atoms with Crippen LogP contribution in [0.25, 0.3) is 5.65 Å². The van der Waals surface area contributed by atoms with Crippen LogP contribution in [-0.4, -0.2) is 27.5 Å². The van der Waals surface area contributed by atoms with Crippen LogP contribution in [0.2, 0.25) is 0 Å². The van der Waals surface area contributed by atoms with E-state index in [-0.39, 0.29) is 0 Å². The molecule has 106 valence electrons. The predicted molar refractivity (Wildman–Crippen MR) is 78.8 cm³/mol. The summed E-state index contributed by atoms with van der Waals surface area (Å²) in [5.41, 5.74) is 2.27. The van der Waals surface area contributed by atoms with Crippen LogP contribution in [0.5, 0.6) is 5.75 Å². The fraction of sp³-hybridized carbons (Fsp3) is 0.188. The number of ether oxygens (including phenoxy) is 1. The minimum absolute atomic E-state index is 0.514. The van der Waals surface area contributed by atoms with Gasteiger partial charge in [-0.25, -0.2) is 9.50 Å². The average molecular weight is 281 g/mol. The number of carbonyl (C=O) groups excluding carboxylic acids is 1. The number of aldehydes is 1. The Labute approximate surface area is 122 Å². The highest BCUT2D eigenvalue weighted by molar-refractivity contribution is 5.77. The number of para-hydroxylation sites is 1. The van der Waals surface area contributed by atoms with Gasteiger partial charge >= 0.3 is 0 Å².